The molecule has 3 heterocycles. The molecule has 2 aliphatic rings. The molecule has 0 spiro atoms. The third-order valence-electron chi connectivity index (χ3n) is 9.58. The van der Waals surface area contributed by atoms with Crippen molar-refractivity contribution in [3.8, 4) is 20.9 Å². The molecule has 2 N–H and O–H groups in total. The number of rotatable bonds is 10. The maximum atomic E-state index is 13.4. The van der Waals surface area contributed by atoms with Crippen LogP contribution in [0.1, 0.15) is 36.8 Å². The van der Waals surface area contributed by atoms with Crippen molar-refractivity contribution in [3.63, 3.8) is 0 Å². The number of thiophene rings is 1. The van der Waals surface area contributed by atoms with Gasteiger partial charge in [0.2, 0.25) is 23.6 Å². The van der Waals surface area contributed by atoms with E-state index in [1.54, 1.807) is 21.1 Å². The number of likely N-dealkylation sites (tertiary alicyclic amines) is 2. The minimum absolute atomic E-state index is 0.0307. The molecule has 2 aliphatic heterocycles. The fraction of sp³-hybridized carbons (Fsp3) is 0.238. The van der Waals surface area contributed by atoms with E-state index in [-0.39, 0.29) is 36.5 Å². The second-order valence-electron chi connectivity index (χ2n) is 13.1. The predicted molar refractivity (Wildman–Crippen MR) is 202 cm³/mol. The van der Waals surface area contributed by atoms with Gasteiger partial charge in [-0.25, -0.2) is 0 Å². The van der Waals surface area contributed by atoms with Crippen LogP contribution in [0.5, 0.6) is 0 Å². The highest BCUT2D eigenvalue weighted by molar-refractivity contribution is 7.18. The van der Waals surface area contributed by atoms with Gasteiger partial charge in [-0.05, 0) is 84.3 Å². The molecule has 4 amide bonds. The van der Waals surface area contributed by atoms with E-state index < -0.39 is 12.1 Å². The Hall–Kier alpha value is -5.54. The van der Waals surface area contributed by atoms with Gasteiger partial charge in [0.1, 0.15) is 12.1 Å². The minimum atomic E-state index is -0.488. The van der Waals surface area contributed by atoms with Crippen molar-refractivity contribution in [2.75, 3.05) is 23.7 Å². The number of hydrogen-bond acceptors (Lipinski definition) is 5. The lowest BCUT2D eigenvalue weighted by Gasteiger charge is -2.24. The van der Waals surface area contributed by atoms with Crippen molar-refractivity contribution >= 4 is 46.3 Å². The van der Waals surface area contributed by atoms with E-state index >= 15 is 0 Å². The summed E-state index contributed by atoms with van der Waals surface area (Å²) in [6.45, 7) is 1.17. The first kappa shape index (κ1) is 33.9. The Labute approximate surface area is 302 Å². The quantitative estimate of drug-likeness (QED) is 0.159. The molecule has 0 bridgehead atoms. The van der Waals surface area contributed by atoms with Crippen LogP contribution in [0.2, 0.25) is 0 Å². The Bertz CT molecular complexity index is 1890. The first-order valence-corrected chi connectivity index (χ1v) is 18.3. The van der Waals surface area contributed by atoms with E-state index in [0.29, 0.717) is 37.3 Å². The first-order valence-electron chi connectivity index (χ1n) is 17.5. The largest absolute Gasteiger partial charge is 0.330 e. The molecule has 7 rings (SSSR count). The zero-order valence-electron chi connectivity index (χ0n) is 28.3. The van der Waals surface area contributed by atoms with Crippen LogP contribution in [0.15, 0.2) is 121 Å². The topological polar surface area (TPSA) is 98.8 Å². The number of hydrogen-bond donors (Lipinski definition) is 2. The molecule has 9 heteroatoms. The fourth-order valence-electron chi connectivity index (χ4n) is 7.02. The van der Waals surface area contributed by atoms with Crippen molar-refractivity contribution in [2.45, 2.75) is 50.6 Å². The number of carbonyl (C=O) groups excluding carboxylic acids is 4. The van der Waals surface area contributed by atoms with E-state index in [1.165, 1.54) is 0 Å². The molecular formula is C42H40N4O4S. The molecule has 0 aliphatic carbocycles. The highest BCUT2D eigenvalue weighted by Crippen LogP contribution is 2.36. The molecule has 2 saturated heterocycles. The number of carbonyl (C=O) groups is 4. The molecular weight excluding hydrogens is 657 g/mol. The number of nitrogens with one attached hydrogen (secondary N) is 2. The van der Waals surface area contributed by atoms with Crippen LogP contribution in [-0.4, -0.2) is 58.6 Å². The summed E-state index contributed by atoms with van der Waals surface area (Å²) < 4.78 is 0. The molecule has 2 atom stereocenters. The van der Waals surface area contributed by atoms with Crippen LogP contribution in [0.25, 0.3) is 20.9 Å². The maximum Gasteiger partial charge on any atom is 0.247 e. The summed E-state index contributed by atoms with van der Waals surface area (Å²) in [7, 11) is 0. The van der Waals surface area contributed by atoms with Gasteiger partial charge in [-0.3, -0.25) is 19.2 Å². The van der Waals surface area contributed by atoms with Crippen molar-refractivity contribution in [1.29, 1.82) is 0 Å². The maximum absolute atomic E-state index is 13.4. The molecule has 2 fully saturated rings. The standard InChI is InChI=1S/C42H40N4O4S/c47-39(25-29-11-3-1-4-12-29)45-23-9-19-35(45)41(49)43-33-17-7-15-31(27-33)37-21-22-38(51-37)32-16-8-18-34(28-32)44-42(50)36-20-10-24-46(36)40(48)26-30-13-5-2-6-14-30/h1-8,11-18,21-22,27-28,35-36H,9-10,19-20,23-26H2,(H,43,49)(H,44,50). The molecule has 51 heavy (non-hydrogen) atoms. The van der Waals surface area contributed by atoms with E-state index in [0.717, 1.165) is 44.8 Å². The van der Waals surface area contributed by atoms with Crippen LogP contribution in [-0.2, 0) is 32.0 Å². The third-order valence-corrected chi connectivity index (χ3v) is 10.8. The van der Waals surface area contributed by atoms with Gasteiger partial charge in [0.05, 0.1) is 12.8 Å². The van der Waals surface area contributed by atoms with Gasteiger partial charge in [-0.2, -0.15) is 0 Å². The molecule has 258 valence electrons. The molecule has 0 saturated carbocycles. The Kier molecular flexibility index (Phi) is 10.4. The van der Waals surface area contributed by atoms with Crippen molar-refractivity contribution < 1.29 is 19.2 Å². The Balaban J connectivity index is 0.982. The number of amides is 4. The van der Waals surface area contributed by atoms with Crippen molar-refractivity contribution in [3.05, 3.63) is 132 Å². The van der Waals surface area contributed by atoms with Crippen LogP contribution >= 0.6 is 11.3 Å². The molecule has 8 nitrogen and oxygen atoms in total. The van der Waals surface area contributed by atoms with Gasteiger partial charge >= 0.3 is 0 Å². The van der Waals surface area contributed by atoms with Gasteiger partial charge in [-0.15, -0.1) is 11.3 Å². The van der Waals surface area contributed by atoms with Crippen LogP contribution < -0.4 is 10.6 Å². The number of anilines is 2. The fourth-order valence-corrected chi connectivity index (χ4v) is 8.02. The van der Waals surface area contributed by atoms with Gasteiger partial charge in [-0.1, -0.05) is 84.9 Å². The summed E-state index contributed by atoms with van der Waals surface area (Å²) in [4.78, 5) is 58.4. The smallest absolute Gasteiger partial charge is 0.247 e. The minimum Gasteiger partial charge on any atom is -0.330 e. The molecule has 2 unspecified atom stereocenters. The van der Waals surface area contributed by atoms with Crippen molar-refractivity contribution in [1.82, 2.24) is 9.80 Å². The summed E-state index contributed by atoms with van der Waals surface area (Å²) in [6.07, 6.45) is 3.46. The summed E-state index contributed by atoms with van der Waals surface area (Å²) in [5.41, 5.74) is 5.19. The van der Waals surface area contributed by atoms with Gasteiger partial charge < -0.3 is 20.4 Å². The third kappa shape index (κ3) is 8.10. The zero-order chi connectivity index (χ0) is 35.2. The lowest BCUT2D eigenvalue weighted by Crippen LogP contribution is -2.43. The Morgan fingerprint density at radius 1 is 0.549 bits per heavy atom. The van der Waals surface area contributed by atoms with Crippen LogP contribution in [0.4, 0.5) is 11.4 Å². The highest BCUT2D eigenvalue weighted by atomic mass is 32.1. The monoisotopic (exact) mass is 696 g/mol. The SMILES string of the molecule is O=C(Nc1cccc(-c2ccc(-c3cccc(NC(=O)C4CCCN4C(=O)Cc4ccccc4)c3)s2)c1)C1CCCN1C(=O)Cc1ccccc1. The highest BCUT2D eigenvalue weighted by Gasteiger charge is 2.35. The van der Waals surface area contributed by atoms with E-state index in [1.807, 2.05) is 109 Å². The molecule has 1 aromatic heterocycles. The summed E-state index contributed by atoms with van der Waals surface area (Å²) in [5, 5.41) is 6.12. The van der Waals surface area contributed by atoms with Crippen molar-refractivity contribution in [2.24, 2.45) is 0 Å². The summed E-state index contributed by atoms with van der Waals surface area (Å²) >= 11 is 1.62. The van der Waals surface area contributed by atoms with Gasteiger partial charge in [0.15, 0.2) is 0 Å². The predicted octanol–water partition coefficient (Wildman–Crippen LogP) is 7.43. The van der Waals surface area contributed by atoms with Crippen LogP contribution in [0.3, 0.4) is 0 Å². The Morgan fingerprint density at radius 3 is 1.41 bits per heavy atom. The lowest BCUT2D eigenvalue weighted by molar-refractivity contribution is -0.136. The van der Waals surface area contributed by atoms with E-state index in [4.69, 9.17) is 0 Å². The van der Waals surface area contributed by atoms with Gasteiger partial charge in [0.25, 0.3) is 0 Å². The molecule has 5 aromatic rings. The van der Waals surface area contributed by atoms with E-state index in [9.17, 15) is 19.2 Å². The van der Waals surface area contributed by atoms with E-state index in [2.05, 4.69) is 22.8 Å². The average molecular weight is 697 g/mol. The lowest BCUT2D eigenvalue weighted by atomic mass is 10.1. The average Bonchev–Trinajstić information content (AvgIpc) is 3.95. The molecule has 0 radical (unpaired) electrons. The second-order valence-corrected chi connectivity index (χ2v) is 14.2. The Morgan fingerprint density at radius 2 is 0.980 bits per heavy atom. The van der Waals surface area contributed by atoms with Crippen LogP contribution in [0, 0.1) is 0 Å². The summed E-state index contributed by atoms with van der Waals surface area (Å²) in [5.74, 6) is -0.398. The zero-order valence-corrected chi connectivity index (χ0v) is 29.1. The van der Waals surface area contributed by atoms with Gasteiger partial charge in [0, 0.05) is 34.2 Å². The summed E-state index contributed by atoms with van der Waals surface area (Å²) in [6, 6.07) is 37.9. The number of benzene rings is 4. The first-order chi connectivity index (χ1) is 24.9. The normalized spacial score (nSPS) is 16.9. The second kappa shape index (κ2) is 15.6. The number of nitrogens with zero attached hydrogens (tertiary/aromatic N) is 2. The molecule has 4 aromatic carbocycles.